The van der Waals surface area contributed by atoms with Crippen molar-refractivity contribution in [2.75, 3.05) is 13.2 Å². The third-order valence-corrected chi connectivity index (χ3v) is 6.98. The van der Waals surface area contributed by atoms with Gasteiger partial charge in [-0.1, -0.05) is 48.5 Å². The summed E-state index contributed by atoms with van der Waals surface area (Å²) in [7, 11) is 0. The molecule has 1 saturated carbocycles. The molecule has 3 N–H and O–H groups in total. The first kappa shape index (κ1) is 21.5. The van der Waals surface area contributed by atoms with Crippen LogP contribution in [0, 0.1) is 0 Å². The highest BCUT2D eigenvalue weighted by atomic mass is 16.6. The summed E-state index contributed by atoms with van der Waals surface area (Å²) in [4.78, 5) is 36.8. The van der Waals surface area contributed by atoms with E-state index in [1.165, 1.54) is 0 Å². The van der Waals surface area contributed by atoms with E-state index in [-0.39, 0.29) is 12.5 Å². The zero-order chi connectivity index (χ0) is 23.0. The van der Waals surface area contributed by atoms with E-state index in [4.69, 9.17) is 9.47 Å². The molecular weight excluding hydrogens is 424 g/mol. The van der Waals surface area contributed by atoms with E-state index in [0.29, 0.717) is 25.9 Å². The molecule has 2 fully saturated rings. The maximum Gasteiger partial charge on any atom is 0.407 e. The average molecular weight is 450 g/mol. The molecule has 0 radical (unpaired) electrons. The highest BCUT2D eigenvalue weighted by molar-refractivity contribution is 5.90. The van der Waals surface area contributed by atoms with E-state index in [9.17, 15) is 19.5 Å². The summed E-state index contributed by atoms with van der Waals surface area (Å²) in [6.07, 6.45) is 0.419. The Bertz CT molecular complexity index is 1050. The predicted molar refractivity (Wildman–Crippen MR) is 119 cm³/mol. The zero-order valence-corrected chi connectivity index (χ0v) is 18.1. The number of aliphatic carboxylic acids is 1. The molecular formula is C25H26N2O6. The molecule has 2 aromatic carbocycles. The number of hydrogen-bond acceptors (Lipinski definition) is 5. The van der Waals surface area contributed by atoms with Gasteiger partial charge in [0.2, 0.25) is 0 Å². The lowest BCUT2D eigenvalue weighted by atomic mass is 9.76. The lowest BCUT2D eigenvalue weighted by molar-refractivity contribution is -0.153. The predicted octanol–water partition coefficient (Wildman–Crippen LogP) is 2.81. The fourth-order valence-electron chi connectivity index (χ4n) is 5.02. The highest BCUT2D eigenvalue weighted by Gasteiger charge is 2.48. The molecule has 5 rings (SSSR count). The number of rotatable bonds is 6. The third kappa shape index (κ3) is 3.84. The minimum atomic E-state index is -1.22. The second-order valence-corrected chi connectivity index (χ2v) is 8.89. The van der Waals surface area contributed by atoms with E-state index >= 15 is 0 Å². The quantitative estimate of drug-likeness (QED) is 0.624. The molecule has 33 heavy (non-hydrogen) atoms. The minimum absolute atomic E-state index is 0.0592. The van der Waals surface area contributed by atoms with Crippen molar-refractivity contribution in [3.8, 4) is 11.1 Å². The normalized spacial score (nSPS) is 22.5. The summed E-state index contributed by atoms with van der Waals surface area (Å²) >= 11 is 0. The van der Waals surface area contributed by atoms with Crippen LogP contribution in [0.2, 0.25) is 0 Å². The van der Waals surface area contributed by atoms with Crippen molar-refractivity contribution >= 4 is 18.0 Å². The van der Waals surface area contributed by atoms with Crippen molar-refractivity contribution in [2.45, 2.75) is 49.3 Å². The van der Waals surface area contributed by atoms with Gasteiger partial charge >= 0.3 is 12.1 Å². The van der Waals surface area contributed by atoms with Crippen LogP contribution in [-0.2, 0) is 19.1 Å². The lowest BCUT2D eigenvalue weighted by Crippen LogP contribution is -2.62. The first-order chi connectivity index (χ1) is 16.0. The van der Waals surface area contributed by atoms with Crippen molar-refractivity contribution < 1.29 is 29.0 Å². The second kappa shape index (κ2) is 8.51. The summed E-state index contributed by atoms with van der Waals surface area (Å²) < 4.78 is 11.1. The first-order valence-corrected chi connectivity index (χ1v) is 11.3. The maximum atomic E-state index is 12.7. The van der Waals surface area contributed by atoms with Crippen LogP contribution in [0.25, 0.3) is 11.1 Å². The molecule has 2 atom stereocenters. The number of carbonyl (C=O) groups excluding carboxylic acids is 2. The number of carboxylic acids is 1. The minimum Gasteiger partial charge on any atom is -0.480 e. The van der Waals surface area contributed by atoms with Gasteiger partial charge in [0.05, 0.1) is 6.04 Å². The van der Waals surface area contributed by atoms with Crippen molar-refractivity contribution in [3.63, 3.8) is 0 Å². The van der Waals surface area contributed by atoms with E-state index < -0.39 is 35.7 Å². The maximum absolute atomic E-state index is 12.7. The van der Waals surface area contributed by atoms with Crippen LogP contribution in [-0.4, -0.2) is 54.0 Å². The molecule has 8 heteroatoms. The molecule has 0 spiro atoms. The summed E-state index contributed by atoms with van der Waals surface area (Å²) in [6.45, 7) is 0.471. The van der Waals surface area contributed by atoms with E-state index in [1.807, 2.05) is 36.4 Å². The van der Waals surface area contributed by atoms with Gasteiger partial charge in [-0.25, -0.2) is 9.59 Å². The highest BCUT2D eigenvalue weighted by Crippen LogP contribution is 2.44. The number of alkyl carbamates (subject to hydrolysis) is 1. The molecule has 3 aliphatic rings. The van der Waals surface area contributed by atoms with Crippen LogP contribution in [0.5, 0.6) is 0 Å². The summed E-state index contributed by atoms with van der Waals surface area (Å²) in [6, 6.07) is 15.6. The Morgan fingerprint density at radius 3 is 2.24 bits per heavy atom. The lowest BCUT2D eigenvalue weighted by Gasteiger charge is -2.39. The van der Waals surface area contributed by atoms with E-state index in [2.05, 4.69) is 22.8 Å². The largest absolute Gasteiger partial charge is 0.480 e. The third-order valence-electron chi connectivity index (χ3n) is 6.98. The molecule has 0 unspecified atom stereocenters. The average Bonchev–Trinajstić information content (AvgIpc) is 3.37. The molecule has 2 amide bonds. The van der Waals surface area contributed by atoms with Gasteiger partial charge in [-0.05, 0) is 47.9 Å². The molecule has 0 bridgehead atoms. The van der Waals surface area contributed by atoms with Gasteiger partial charge in [-0.3, -0.25) is 4.79 Å². The van der Waals surface area contributed by atoms with Gasteiger partial charge in [0, 0.05) is 12.5 Å². The standard InChI is InChI=1S/C25H26N2O6/c28-22(27-25(23(29)30)11-5-12-25)21-20(10-13-32-21)26-24(31)33-14-19-17-8-3-1-6-15(17)16-7-2-4-9-18(16)19/h1-4,6-9,19-21H,5,10-14H2,(H,26,31)(H,27,28)(H,29,30)/t20-,21+/m0/s1. The Hall–Kier alpha value is -3.39. The zero-order valence-electron chi connectivity index (χ0n) is 18.1. The Kier molecular flexibility index (Phi) is 5.54. The van der Waals surface area contributed by atoms with Crippen LogP contribution in [0.1, 0.15) is 42.7 Å². The Morgan fingerprint density at radius 1 is 1.03 bits per heavy atom. The number of nitrogens with one attached hydrogen (secondary N) is 2. The second-order valence-electron chi connectivity index (χ2n) is 8.89. The molecule has 2 aliphatic carbocycles. The van der Waals surface area contributed by atoms with Gasteiger partial charge in [-0.2, -0.15) is 0 Å². The molecule has 2 aromatic rings. The number of carbonyl (C=O) groups is 3. The van der Waals surface area contributed by atoms with Gasteiger partial charge < -0.3 is 25.2 Å². The van der Waals surface area contributed by atoms with Crippen LogP contribution in [0.4, 0.5) is 4.79 Å². The number of carboxylic acid groups (broad SMARTS) is 1. The van der Waals surface area contributed by atoms with Crippen LogP contribution >= 0.6 is 0 Å². The summed E-state index contributed by atoms with van der Waals surface area (Å²) in [5, 5.41) is 14.8. The first-order valence-electron chi connectivity index (χ1n) is 11.3. The molecule has 1 heterocycles. The van der Waals surface area contributed by atoms with Gasteiger partial charge in [-0.15, -0.1) is 0 Å². The van der Waals surface area contributed by atoms with Crippen molar-refractivity contribution in [2.24, 2.45) is 0 Å². The number of hydrogen-bond donors (Lipinski definition) is 3. The Labute approximate surface area is 191 Å². The smallest absolute Gasteiger partial charge is 0.407 e. The summed E-state index contributed by atoms with van der Waals surface area (Å²) in [5.41, 5.74) is 3.30. The molecule has 8 nitrogen and oxygen atoms in total. The van der Waals surface area contributed by atoms with Crippen LogP contribution in [0.15, 0.2) is 48.5 Å². The Balaban J connectivity index is 1.21. The van der Waals surface area contributed by atoms with Gasteiger partial charge in [0.25, 0.3) is 5.91 Å². The molecule has 1 aliphatic heterocycles. The number of ether oxygens (including phenoxy) is 2. The number of benzene rings is 2. The van der Waals surface area contributed by atoms with Crippen LogP contribution in [0.3, 0.4) is 0 Å². The van der Waals surface area contributed by atoms with Gasteiger partial charge in [0.15, 0.2) is 6.10 Å². The van der Waals surface area contributed by atoms with E-state index in [0.717, 1.165) is 28.7 Å². The van der Waals surface area contributed by atoms with Gasteiger partial charge in [0.1, 0.15) is 12.1 Å². The monoisotopic (exact) mass is 450 g/mol. The SMILES string of the molecule is O=C(N[C@H]1CCO[C@H]1C(=O)NC1(C(=O)O)CCC1)OCC1c2ccccc2-c2ccccc21. The number of amides is 2. The fourth-order valence-corrected chi connectivity index (χ4v) is 5.02. The van der Waals surface area contributed by atoms with Crippen molar-refractivity contribution in [1.82, 2.24) is 10.6 Å². The summed E-state index contributed by atoms with van der Waals surface area (Å²) in [5.74, 6) is -1.61. The van der Waals surface area contributed by atoms with Crippen molar-refractivity contribution in [3.05, 3.63) is 59.7 Å². The van der Waals surface area contributed by atoms with E-state index in [1.54, 1.807) is 0 Å². The van der Waals surface area contributed by atoms with Crippen molar-refractivity contribution in [1.29, 1.82) is 0 Å². The number of fused-ring (bicyclic) bond motifs is 3. The Morgan fingerprint density at radius 2 is 1.67 bits per heavy atom. The molecule has 1 saturated heterocycles. The topological polar surface area (TPSA) is 114 Å². The molecule has 0 aromatic heterocycles. The molecule has 172 valence electrons. The fraction of sp³-hybridized carbons (Fsp3) is 0.400. The van der Waals surface area contributed by atoms with Crippen LogP contribution < -0.4 is 10.6 Å².